The predicted molar refractivity (Wildman–Crippen MR) is 104 cm³/mol. The van der Waals surface area contributed by atoms with E-state index in [2.05, 4.69) is 25.3 Å². The van der Waals surface area contributed by atoms with Gasteiger partial charge < -0.3 is 14.7 Å². The Morgan fingerprint density at radius 1 is 1.33 bits per heavy atom. The fraction of sp³-hybridized carbons (Fsp3) is 0.474. The van der Waals surface area contributed by atoms with E-state index in [1.54, 1.807) is 19.2 Å². The molecule has 1 aromatic heterocycles. The molecule has 3 rings (SSSR count). The molecule has 0 radical (unpaired) electrons. The monoisotopic (exact) mass is 393 g/mol. The van der Waals surface area contributed by atoms with Crippen molar-refractivity contribution in [1.29, 1.82) is 0 Å². The third-order valence-corrected chi connectivity index (χ3v) is 5.07. The van der Waals surface area contributed by atoms with E-state index < -0.39 is 0 Å². The molecule has 2 heterocycles. The summed E-state index contributed by atoms with van der Waals surface area (Å²) in [6, 6.07) is 6.77. The summed E-state index contributed by atoms with van der Waals surface area (Å²) in [5, 5.41) is 7.80. The molecular weight excluding hydrogens is 369 g/mol. The Morgan fingerprint density at radius 3 is 2.74 bits per heavy atom. The van der Waals surface area contributed by atoms with Crippen molar-refractivity contribution in [2.45, 2.75) is 26.4 Å². The standard InChI is InChI=1S/C19H25ClFN5O/c1-3-14-11-15(27-24-14)12-23-19(22-2)26-9-7-25(8-10-26)13-16-17(20)5-4-6-18(16)21/h4-6,11H,3,7-10,12-13H2,1-2H3,(H,22,23). The molecule has 1 aliphatic heterocycles. The summed E-state index contributed by atoms with van der Waals surface area (Å²) in [4.78, 5) is 8.76. The van der Waals surface area contributed by atoms with Gasteiger partial charge in [-0.15, -0.1) is 0 Å². The van der Waals surface area contributed by atoms with Crippen molar-refractivity contribution in [2.75, 3.05) is 33.2 Å². The molecule has 0 amide bonds. The number of piperazine rings is 1. The topological polar surface area (TPSA) is 56.9 Å². The molecular formula is C19H25ClFN5O. The Hall–Kier alpha value is -2.12. The first-order valence-corrected chi connectivity index (χ1v) is 9.53. The summed E-state index contributed by atoms with van der Waals surface area (Å²) in [7, 11) is 1.77. The Morgan fingerprint density at radius 2 is 2.11 bits per heavy atom. The van der Waals surface area contributed by atoms with Gasteiger partial charge in [0.25, 0.3) is 0 Å². The van der Waals surface area contributed by atoms with Gasteiger partial charge in [0.15, 0.2) is 11.7 Å². The van der Waals surface area contributed by atoms with Crippen LogP contribution in [-0.2, 0) is 19.5 Å². The van der Waals surface area contributed by atoms with Crippen LogP contribution in [0.15, 0.2) is 33.8 Å². The minimum absolute atomic E-state index is 0.249. The van der Waals surface area contributed by atoms with Crippen molar-refractivity contribution in [3.8, 4) is 0 Å². The van der Waals surface area contributed by atoms with Crippen LogP contribution in [-0.4, -0.2) is 54.1 Å². The summed E-state index contributed by atoms with van der Waals surface area (Å²) >= 11 is 6.14. The number of hydrogen-bond donors (Lipinski definition) is 1. The molecule has 0 saturated carbocycles. The minimum Gasteiger partial charge on any atom is -0.359 e. The molecule has 1 N–H and O–H groups in total. The Labute approximate surface area is 164 Å². The molecule has 6 nitrogen and oxygen atoms in total. The van der Waals surface area contributed by atoms with Gasteiger partial charge in [-0.25, -0.2) is 4.39 Å². The number of aliphatic imine (C=N–C) groups is 1. The third-order valence-electron chi connectivity index (χ3n) is 4.72. The molecule has 0 atom stereocenters. The maximum absolute atomic E-state index is 14.0. The second kappa shape index (κ2) is 9.19. The van der Waals surface area contributed by atoms with Crippen LogP contribution < -0.4 is 5.32 Å². The number of nitrogens with zero attached hydrogens (tertiary/aromatic N) is 4. The molecule has 146 valence electrons. The van der Waals surface area contributed by atoms with Crippen molar-refractivity contribution >= 4 is 17.6 Å². The first-order chi connectivity index (χ1) is 13.1. The Kier molecular flexibility index (Phi) is 6.68. The van der Waals surface area contributed by atoms with Crippen LogP contribution in [0.3, 0.4) is 0 Å². The zero-order chi connectivity index (χ0) is 19.2. The fourth-order valence-corrected chi connectivity index (χ4v) is 3.35. The molecule has 1 fully saturated rings. The van der Waals surface area contributed by atoms with Crippen LogP contribution in [0, 0.1) is 5.82 Å². The van der Waals surface area contributed by atoms with Gasteiger partial charge in [0.1, 0.15) is 5.82 Å². The average molecular weight is 394 g/mol. The fourth-order valence-electron chi connectivity index (χ4n) is 3.13. The highest BCUT2D eigenvalue weighted by molar-refractivity contribution is 6.31. The minimum atomic E-state index is -0.249. The number of nitrogens with one attached hydrogen (secondary N) is 1. The summed E-state index contributed by atoms with van der Waals surface area (Å²) < 4.78 is 19.3. The van der Waals surface area contributed by atoms with Crippen molar-refractivity contribution in [3.63, 3.8) is 0 Å². The van der Waals surface area contributed by atoms with E-state index in [0.717, 1.165) is 50.0 Å². The molecule has 1 saturated heterocycles. The molecule has 27 heavy (non-hydrogen) atoms. The maximum Gasteiger partial charge on any atom is 0.194 e. The number of halogens is 2. The number of guanidine groups is 1. The molecule has 0 unspecified atom stereocenters. The summed E-state index contributed by atoms with van der Waals surface area (Å²) in [5.74, 6) is 1.37. The number of benzene rings is 1. The molecule has 0 aliphatic carbocycles. The van der Waals surface area contributed by atoms with Crippen molar-refractivity contribution < 1.29 is 8.91 Å². The maximum atomic E-state index is 14.0. The van der Waals surface area contributed by atoms with Crippen LogP contribution in [0.2, 0.25) is 5.02 Å². The van der Waals surface area contributed by atoms with Gasteiger partial charge in [-0.1, -0.05) is 29.7 Å². The van der Waals surface area contributed by atoms with Gasteiger partial charge >= 0.3 is 0 Å². The first-order valence-electron chi connectivity index (χ1n) is 9.16. The van der Waals surface area contributed by atoms with Gasteiger partial charge in [0.05, 0.1) is 12.2 Å². The van der Waals surface area contributed by atoms with E-state index >= 15 is 0 Å². The second-order valence-corrected chi connectivity index (χ2v) is 6.91. The Bertz CT molecular complexity index is 766. The average Bonchev–Trinajstić information content (AvgIpc) is 3.14. The van der Waals surface area contributed by atoms with E-state index in [1.165, 1.54) is 6.07 Å². The summed E-state index contributed by atoms with van der Waals surface area (Å²) in [6.45, 7) is 6.35. The highest BCUT2D eigenvalue weighted by atomic mass is 35.5. The number of aryl methyl sites for hydroxylation is 1. The lowest BCUT2D eigenvalue weighted by molar-refractivity contribution is 0.170. The SMILES string of the molecule is CCc1cc(CNC(=NC)N2CCN(Cc3c(F)cccc3Cl)CC2)on1. The third kappa shape index (κ3) is 4.99. The normalized spacial score (nSPS) is 16.0. The predicted octanol–water partition coefficient (Wildman–Crippen LogP) is 2.92. The van der Waals surface area contributed by atoms with Gasteiger partial charge in [0, 0.05) is 56.4 Å². The zero-order valence-corrected chi connectivity index (χ0v) is 16.5. The second-order valence-electron chi connectivity index (χ2n) is 6.50. The number of hydrogen-bond acceptors (Lipinski definition) is 4. The van der Waals surface area contributed by atoms with E-state index in [9.17, 15) is 4.39 Å². The van der Waals surface area contributed by atoms with Gasteiger partial charge in [-0.3, -0.25) is 9.89 Å². The highest BCUT2D eigenvalue weighted by Gasteiger charge is 2.21. The van der Waals surface area contributed by atoms with Crippen molar-refractivity contribution in [3.05, 3.63) is 52.1 Å². The summed E-state index contributed by atoms with van der Waals surface area (Å²) in [5.41, 5.74) is 1.51. The van der Waals surface area contributed by atoms with Crippen LogP contribution >= 0.6 is 11.6 Å². The number of aromatic nitrogens is 1. The lowest BCUT2D eigenvalue weighted by Gasteiger charge is -2.36. The summed E-state index contributed by atoms with van der Waals surface area (Å²) in [6.07, 6.45) is 0.853. The molecule has 0 bridgehead atoms. The molecule has 2 aromatic rings. The zero-order valence-electron chi connectivity index (χ0n) is 15.7. The van der Waals surface area contributed by atoms with E-state index in [-0.39, 0.29) is 5.82 Å². The molecule has 0 spiro atoms. The largest absolute Gasteiger partial charge is 0.359 e. The van der Waals surface area contributed by atoms with E-state index in [1.807, 2.05) is 13.0 Å². The van der Waals surface area contributed by atoms with Gasteiger partial charge in [-0.05, 0) is 18.6 Å². The smallest absolute Gasteiger partial charge is 0.194 e. The molecule has 1 aromatic carbocycles. The van der Waals surface area contributed by atoms with Crippen molar-refractivity contribution in [2.24, 2.45) is 4.99 Å². The van der Waals surface area contributed by atoms with E-state index in [4.69, 9.17) is 16.1 Å². The van der Waals surface area contributed by atoms with Crippen LogP contribution in [0.5, 0.6) is 0 Å². The van der Waals surface area contributed by atoms with Gasteiger partial charge in [0.2, 0.25) is 0 Å². The van der Waals surface area contributed by atoms with Gasteiger partial charge in [-0.2, -0.15) is 0 Å². The van der Waals surface area contributed by atoms with Crippen molar-refractivity contribution in [1.82, 2.24) is 20.3 Å². The molecule has 1 aliphatic rings. The van der Waals surface area contributed by atoms with E-state index in [0.29, 0.717) is 23.7 Å². The number of rotatable bonds is 5. The highest BCUT2D eigenvalue weighted by Crippen LogP contribution is 2.21. The Balaban J connectivity index is 1.51. The molecule has 8 heteroatoms. The quantitative estimate of drug-likeness (QED) is 0.625. The lowest BCUT2D eigenvalue weighted by Crippen LogP contribution is -2.52. The first kappa shape index (κ1) is 19.6. The van der Waals surface area contributed by atoms with Crippen LogP contribution in [0.4, 0.5) is 4.39 Å². The van der Waals surface area contributed by atoms with Crippen LogP contribution in [0.25, 0.3) is 0 Å². The van der Waals surface area contributed by atoms with Crippen LogP contribution in [0.1, 0.15) is 23.9 Å². The lowest BCUT2D eigenvalue weighted by atomic mass is 10.2.